The summed E-state index contributed by atoms with van der Waals surface area (Å²) in [5.41, 5.74) is 10.7. The van der Waals surface area contributed by atoms with Crippen LogP contribution in [0.3, 0.4) is 0 Å². The van der Waals surface area contributed by atoms with Gasteiger partial charge in [0, 0.05) is 6.07 Å². The van der Waals surface area contributed by atoms with E-state index in [-0.39, 0.29) is 18.8 Å². The molecular weight excluding hydrogens is 187 g/mol. The first-order valence-corrected chi connectivity index (χ1v) is 4.05. The summed E-state index contributed by atoms with van der Waals surface area (Å²) < 4.78 is 17.8. The fraction of sp³-hybridized carbons (Fsp3) is 0.222. The van der Waals surface area contributed by atoms with Crippen LogP contribution in [-0.4, -0.2) is 12.5 Å². The molecule has 0 fully saturated rings. The highest BCUT2D eigenvalue weighted by molar-refractivity contribution is 5.73. The molecular formula is C9H11FN2O2. The number of halogens is 1. The number of anilines is 1. The highest BCUT2D eigenvalue weighted by Crippen LogP contribution is 2.21. The molecule has 0 bridgehead atoms. The lowest BCUT2D eigenvalue weighted by Gasteiger charge is -2.07. The molecule has 5 heteroatoms. The molecule has 0 spiro atoms. The van der Waals surface area contributed by atoms with Crippen LogP contribution in [0.1, 0.15) is 6.42 Å². The Morgan fingerprint density at radius 2 is 2.21 bits per heavy atom. The molecule has 1 rings (SSSR count). The molecule has 0 saturated heterocycles. The van der Waals surface area contributed by atoms with Crippen molar-refractivity contribution in [2.75, 3.05) is 12.3 Å². The summed E-state index contributed by atoms with van der Waals surface area (Å²) in [6.45, 7) is 0.100. The average molecular weight is 198 g/mol. The minimum absolute atomic E-state index is 0.0793. The van der Waals surface area contributed by atoms with Crippen molar-refractivity contribution < 1.29 is 13.9 Å². The molecule has 76 valence electrons. The number of carbonyl (C=O) groups is 1. The van der Waals surface area contributed by atoms with Gasteiger partial charge < -0.3 is 16.2 Å². The number of carbonyl (C=O) groups excluding carboxylic acids is 1. The Morgan fingerprint density at radius 1 is 1.50 bits per heavy atom. The monoisotopic (exact) mass is 198 g/mol. The number of nitrogens with two attached hydrogens (primary N) is 2. The Balaban J connectivity index is 2.57. The molecule has 0 aliphatic heterocycles. The van der Waals surface area contributed by atoms with E-state index in [4.69, 9.17) is 16.2 Å². The van der Waals surface area contributed by atoms with Crippen LogP contribution in [0.5, 0.6) is 5.75 Å². The predicted octanol–water partition coefficient (Wildman–Crippen LogP) is 0.662. The topological polar surface area (TPSA) is 78.3 Å². The zero-order valence-corrected chi connectivity index (χ0v) is 7.50. The van der Waals surface area contributed by atoms with Gasteiger partial charge in [-0.1, -0.05) is 0 Å². The van der Waals surface area contributed by atoms with Gasteiger partial charge in [-0.05, 0) is 12.1 Å². The maximum atomic E-state index is 12.7. The number of benzene rings is 1. The van der Waals surface area contributed by atoms with Gasteiger partial charge in [-0.15, -0.1) is 0 Å². The molecule has 1 amide bonds. The molecule has 0 atom stereocenters. The molecule has 1 aromatic rings. The van der Waals surface area contributed by atoms with Crippen molar-refractivity contribution in [1.29, 1.82) is 0 Å². The number of ether oxygens (including phenoxy) is 1. The minimum Gasteiger partial charge on any atom is -0.491 e. The maximum absolute atomic E-state index is 12.7. The summed E-state index contributed by atoms with van der Waals surface area (Å²) in [6.07, 6.45) is 0.0793. The Bertz CT molecular complexity index is 342. The lowest BCUT2D eigenvalue weighted by atomic mass is 10.3. The zero-order chi connectivity index (χ0) is 10.6. The number of amides is 1. The molecule has 4 nitrogen and oxygen atoms in total. The van der Waals surface area contributed by atoms with Crippen molar-refractivity contribution in [3.63, 3.8) is 0 Å². The van der Waals surface area contributed by atoms with Crippen LogP contribution in [0.2, 0.25) is 0 Å². The first kappa shape index (κ1) is 10.3. The number of nitrogen functional groups attached to an aromatic ring is 1. The smallest absolute Gasteiger partial charge is 0.220 e. The van der Waals surface area contributed by atoms with E-state index in [2.05, 4.69) is 0 Å². The van der Waals surface area contributed by atoms with E-state index in [1.807, 2.05) is 0 Å². The Morgan fingerprint density at radius 3 is 2.86 bits per heavy atom. The van der Waals surface area contributed by atoms with E-state index in [0.29, 0.717) is 5.69 Å². The van der Waals surface area contributed by atoms with Crippen LogP contribution >= 0.6 is 0 Å². The van der Waals surface area contributed by atoms with E-state index in [1.54, 1.807) is 0 Å². The van der Waals surface area contributed by atoms with Gasteiger partial charge in [0.1, 0.15) is 11.6 Å². The highest BCUT2D eigenvalue weighted by Gasteiger charge is 2.02. The Labute approximate surface area is 80.6 Å². The van der Waals surface area contributed by atoms with Gasteiger partial charge >= 0.3 is 0 Å². The molecule has 0 heterocycles. The summed E-state index contributed by atoms with van der Waals surface area (Å²) in [6, 6.07) is 3.79. The predicted molar refractivity (Wildman–Crippen MR) is 50.1 cm³/mol. The highest BCUT2D eigenvalue weighted by atomic mass is 19.1. The second-order valence-corrected chi connectivity index (χ2v) is 2.75. The van der Waals surface area contributed by atoms with Gasteiger partial charge in [0.2, 0.25) is 5.91 Å². The third-order valence-electron chi connectivity index (χ3n) is 1.58. The molecule has 0 aliphatic carbocycles. The van der Waals surface area contributed by atoms with Gasteiger partial charge in [0.05, 0.1) is 18.7 Å². The summed E-state index contributed by atoms with van der Waals surface area (Å²) in [5, 5.41) is 0. The summed E-state index contributed by atoms with van der Waals surface area (Å²) >= 11 is 0. The molecule has 0 radical (unpaired) electrons. The summed E-state index contributed by atoms with van der Waals surface area (Å²) in [4.78, 5) is 10.4. The standard InChI is InChI=1S/C9H11FN2O2/c10-6-1-2-7(11)8(5-6)14-4-3-9(12)13/h1-2,5H,3-4,11H2,(H2,12,13). The largest absolute Gasteiger partial charge is 0.491 e. The summed E-state index contributed by atoms with van der Waals surface area (Å²) in [5.74, 6) is -0.681. The Kier molecular flexibility index (Phi) is 3.28. The molecule has 0 saturated carbocycles. The van der Waals surface area contributed by atoms with Gasteiger partial charge in [-0.2, -0.15) is 0 Å². The van der Waals surface area contributed by atoms with Gasteiger partial charge in [-0.3, -0.25) is 4.79 Å². The van der Waals surface area contributed by atoms with Crippen LogP contribution in [-0.2, 0) is 4.79 Å². The van der Waals surface area contributed by atoms with E-state index < -0.39 is 11.7 Å². The van der Waals surface area contributed by atoms with Crippen LogP contribution in [0.4, 0.5) is 10.1 Å². The van der Waals surface area contributed by atoms with Crippen LogP contribution < -0.4 is 16.2 Å². The normalized spacial score (nSPS) is 9.79. The SMILES string of the molecule is NC(=O)CCOc1cc(F)ccc1N. The Hall–Kier alpha value is -1.78. The molecule has 1 aromatic carbocycles. The number of hydrogen-bond acceptors (Lipinski definition) is 3. The minimum atomic E-state index is -0.472. The van der Waals surface area contributed by atoms with E-state index >= 15 is 0 Å². The molecule has 14 heavy (non-hydrogen) atoms. The maximum Gasteiger partial charge on any atom is 0.220 e. The van der Waals surface area contributed by atoms with Crippen molar-refractivity contribution in [3.05, 3.63) is 24.0 Å². The third kappa shape index (κ3) is 2.93. The molecule has 4 N–H and O–H groups in total. The van der Waals surface area contributed by atoms with Crippen molar-refractivity contribution in [1.82, 2.24) is 0 Å². The van der Waals surface area contributed by atoms with E-state index in [1.165, 1.54) is 12.1 Å². The molecule has 0 aromatic heterocycles. The molecule has 0 unspecified atom stereocenters. The fourth-order valence-electron chi connectivity index (χ4n) is 0.895. The van der Waals surface area contributed by atoms with E-state index in [0.717, 1.165) is 6.07 Å². The quantitative estimate of drug-likeness (QED) is 0.697. The zero-order valence-electron chi connectivity index (χ0n) is 7.50. The number of hydrogen-bond donors (Lipinski definition) is 2. The molecule has 0 aliphatic rings. The van der Waals surface area contributed by atoms with E-state index in [9.17, 15) is 9.18 Å². The number of rotatable bonds is 4. The first-order chi connectivity index (χ1) is 6.59. The van der Waals surface area contributed by atoms with Crippen LogP contribution in [0.25, 0.3) is 0 Å². The second-order valence-electron chi connectivity index (χ2n) is 2.75. The second kappa shape index (κ2) is 4.45. The van der Waals surface area contributed by atoms with Crippen molar-refractivity contribution >= 4 is 11.6 Å². The summed E-state index contributed by atoms with van der Waals surface area (Å²) in [7, 11) is 0. The first-order valence-electron chi connectivity index (χ1n) is 4.05. The van der Waals surface area contributed by atoms with Crippen molar-refractivity contribution in [3.8, 4) is 5.75 Å². The van der Waals surface area contributed by atoms with Crippen molar-refractivity contribution in [2.24, 2.45) is 5.73 Å². The number of primary amides is 1. The lowest BCUT2D eigenvalue weighted by Crippen LogP contribution is -2.14. The van der Waals surface area contributed by atoms with Gasteiger partial charge in [-0.25, -0.2) is 4.39 Å². The van der Waals surface area contributed by atoms with Crippen LogP contribution in [0.15, 0.2) is 18.2 Å². The van der Waals surface area contributed by atoms with Crippen LogP contribution in [0, 0.1) is 5.82 Å². The average Bonchev–Trinajstić information content (AvgIpc) is 2.10. The third-order valence-corrected chi connectivity index (χ3v) is 1.58. The van der Waals surface area contributed by atoms with Crippen molar-refractivity contribution in [2.45, 2.75) is 6.42 Å². The lowest BCUT2D eigenvalue weighted by molar-refractivity contribution is -0.118. The van der Waals surface area contributed by atoms with Gasteiger partial charge in [0.25, 0.3) is 0 Å². The van der Waals surface area contributed by atoms with Gasteiger partial charge in [0.15, 0.2) is 0 Å². The fourth-order valence-corrected chi connectivity index (χ4v) is 0.895.